The minimum absolute atomic E-state index is 0. The quantitative estimate of drug-likeness (QED) is 0.250. The number of alkyl halides is 2. The van der Waals surface area contributed by atoms with Gasteiger partial charge < -0.3 is 9.47 Å². The van der Waals surface area contributed by atoms with E-state index < -0.39 is 18.2 Å². The van der Waals surface area contributed by atoms with Crippen molar-refractivity contribution in [1.29, 1.82) is 0 Å². The van der Waals surface area contributed by atoms with E-state index in [1.54, 1.807) is 0 Å². The maximum absolute atomic E-state index is 14.7. The summed E-state index contributed by atoms with van der Waals surface area (Å²) in [6.45, 7) is -0.690. The Hall–Kier alpha value is -3.02. The van der Waals surface area contributed by atoms with E-state index in [1.165, 1.54) is 80.8 Å². The summed E-state index contributed by atoms with van der Waals surface area (Å²) >= 11 is 0. The van der Waals surface area contributed by atoms with Gasteiger partial charge in [-0.3, -0.25) is 0 Å². The lowest BCUT2D eigenvalue weighted by molar-refractivity contribution is -0.0498. The van der Waals surface area contributed by atoms with Gasteiger partial charge >= 0.3 is 6.61 Å². The third kappa shape index (κ3) is 7.73. The first-order chi connectivity index (χ1) is 17.4. The van der Waals surface area contributed by atoms with E-state index in [4.69, 9.17) is 4.74 Å². The Morgan fingerprint density at radius 1 is 0.784 bits per heavy atom. The van der Waals surface area contributed by atoms with E-state index in [1.807, 2.05) is 24.3 Å². The highest BCUT2D eigenvalue weighted by molar-refractivity contribution is 5.71. The number of aryl methyl sites for hydroxylation is 1. The van der Waals surface area contributed by atoms with Crippen molar-refractivity contribution in [1.82, 2.24) is 0 Å². The number of rotatable bonds is 10. The average Bonchev–Trinajstić information content (AvgIpc) is 2.88. The van der Waals surface area contributed by atoms with Gasteiger partial charge in [0.2, 0.25) is 5.82 Å². The van der Waals surface area contributed by atoms with Gasteiger partial charge in [0.1, 0.15) is 11.5 Å². The van der Waals surface area contributed by atoms with Crippen LogP contribution in [-0.2, 0) is 6.42 Å². The summed E-state index contributed by atoms with van der Waals surface area (Å²) in [5.74, 6) is -0.591. The summed E-state index contributed by atoms with van der Waals surface area (Å²) in [5.41, 5.74) is 2.32. The van der Waals surface area contributed by atoms with Crippen LogP contribution in [0.3, 0.4) is 0 Å². The van der Waals surface area contributed by atoms with Crippen LogP contribution in [0.5, 0.6) is 17.2 Å². The van der Waals surface area contributed by atoms with Gasteiger partial charge in [0, 0.05) is 5.56 Å². The summed E-state index contributed by atoms with van der Waals surface area (Å²) < 4.78 is 63.5. The van der Waals surface area contributed by atoms with Crippen LogP contribution in [0.25, 0.3) is 11.1 Å². The second-order valence-electron chi connectivity index (χ2n) is 9.60. The van der Waals surface area contributed by atoms with Crippen LogP contribution in [0, 0.1) is 23.5 Å². The van der Waals surface area contributed by atoms with Crippen molar-refractivity contribution in [3.63, 3.8) is 0 Å². The molecule has 0 unspecified atom stereocenters. The van der Waals surface area contributed by atoms with Gasteiger partial charge in [0.25, 0.3) is 0 Å². The maximum atomic E-state index is 14.7. The van der Waals surface area contributed by atoms with E-state index >= 15 is 0 Å². The molecule has 0 bridgehead atoms. The Bertz CT molecular complexity index is 1110. The van der Waals surface area contributed by atoms with Gasteiger partial charge in [-0.1, -0.05) is 77.1 Å². The van der Waals surface area contributed by atoms with Crippen molar-refractivity contribution in [2.45, 2.75) is 72.3 Å². The molecule has 6 heteroatoms. The summed E-state index contributed by atoms with van der Waals surface area (Å²) in [5, 5.41) is 0. The van der Waals surface area contributed by atoms with Crippen LogP contribution in [-0.4, -0.2) is 6.61 Å². The summed E-state index contributed by atoms with van der Waals surface area (Å²) in [6, 6.07) is 15.7. The fourth-order valence-corrected chi connectivity index (χ4v) is 5.10. The highest BCUT2D eigenvalue weighted by Gasteiger charge is 2.21. The third-order valence-corrected chi connectivity index (χ3v) is 7.09. The molecule has 3 aromatic rings. The first kappa shape index (κ1) is 28.5. The van der Waals surface area contributed by atoms with Gasteiger partial charge in [-0.25, -0.2) is 4.39 Å². The highest BCUT2D eigenvalue weighted by atomic mass is 19.3. The molecule has 0 N–H and O–H groups in total. The lowest BCUT2D eigenvalue weighted by Gasteiger charge is -2.28. The van der Waals surface area contributed by atoms with Crippen molar-refractivity contribution in [2.24, 2.45) is 11.8 Å². The fourth-order valence-electron chi connectivity index (χ4n) is 5.10. The topological polar surface area (TPSA) is 18.5 Å². The minimum Gasteiger partial charge on any atom is -0.454 e. The summed E-state index contributed by atoms with van der Waals surface area (Å²) in [7, 11) is 0. The molecule has 3 aromatic carbocycles. The first-order valence-electron chi connectivity index (χ1n) is 12.7. The summed E-state index contributed by atoms with van der Waals surface area (Å²) in [6.07, 6.45) is 10.1. The predicted octanol–water partition coefficient (Wildman–Crippen LogP) is 10.2. The third-order valence-electron chi connectivity index (χ3n) is 7.09. The van der Waals surface area contributed by atoms with E-state index in [9.17, 15) is 17.6 Å². The van der Waals surface area contributed by atoms with Crippen LogP contribution in [0.2, 0.25) is 0 Å². The smallest absolute Gasteiger partial charge is 0.387 e. The van der Waals surface area contributed by atoms with Gasteiger partial charge in [0.15, 0.2) is 11.6 Å². The average molecular weight is 517 g/mol. The van der Waals surface area contributed by atoms with Crippen LogP contribution in [0.15, 0.2) is 60.7 Å². The summed E-state index contributed by atoms with van der Waals surface area (Å²) in [4.78, 5) is 0. The Labute approximate surface area is 217 Å². The molecule has 1 fully saturated rings. The molecule has 4 rings (SSSR count). The Morgan fingerprint density at radius 3 is 1.97 bits per heavy atom. The normalized spacial score (nSPS) is 17.4. The zero-order valence-corrected chi connectivity index (χ0v) is 20.5. The van der Waals surface area contributed by atoms with Gasteiger partial charge in [0.05, 0.1) is 0 Å². The van der Waals surface area contributed by atoms with E-state index in [-0.39, 0.29) is 24.7 Å². The lowest BCUT2D eigenvalue weighted by atomic mass is 9.78. The van der Waals surface area contributed by atoms with Crippen molar-refractivity contribution in [3.8, 4) is 28.4 Å². The number of hydrogen-bond donors (Lipinski definition) is 0. The van der Waals surface area contributed by atoms with Gasteiger partial charge in [-0.2, -0.15) is 13.2 Å². The Morgan fingerprint density at radius 2 is 1.38 bits per heavy atom. The van der Waals surface area contributed by atoms with E-state index in [0.29, 0.717) is 11.1 Å². The highest BCUT2D eigenvalue weighted by Crippen LogP contribution is 2.38. The number of benzene rings is 3. The fraction of sp³-hybridized carbons (Fsp3) is 0.419. The molecule has 2 nitrogen and oxygen atoms in total. The molecule has 0 aliphatic heterocycles. The minimum atomic E-state index is -2.95. The standard InChI is InChI=1S/C30H32F4O2.CH4/c1-2-3-20-4-6-21(7-5-20)8-9-22-10-12-23(13-11-22)26-18-19-27(31)28(32)29(26)35-24-14-16-25(17-15-24)36-30(33)34;/h10-21,30H,2-9H2,1H3;1H4. The molecule has 0 amide bonds. The second-order valence-corrected chi connectivity index (χ2v) is 9.60. The number of ether oxygens (including phenoxy) is 2. The van der Waals surface area contributed by atoms with Crippen molar-refractivity contribution in [2.75, 3.05) is 0 Å². The van der Waals surface area contributed by atoms with E-state index in [2.05, 4.69) is 11.7 Å². The van der Waals surface area contributed by atoms with Crippen molar-refractivity contribution < 1.29 is 27.0 Å². The lowest BCUT2D eigenvalue weighted by Crippen LogP contribution is -2.15. The predicted molar refractivity (Wildman–Crippen MR) is 140 cm³/mol. The Balaban J connectivity index is 0.00000380. The molecule has 37 heavy (non-hydrogen) atoms. The zero-order chi connectivity index (χ0) is 25.5. The molecule has 0 atom stereocenters. The first-order valence-corrected chi connectivity index (χ1v) is 12.7. The maximum Gasteiger partial charge on any atom is 0.387 e. The van der Waals surface area contributed by atoms with Crippen LogP contribution >= 0.6 is 0 Å². The molecular weight excluding hydrogens is 480 g/mol. The molecule has 0 heterocycles. The van der Waals surface area contributed by atoms with Crippen LogP contribution < -0.4 is 9.47 Å². The second kappa shape index (κ2) is 13.5. The molecule has 1 aliphatic carbocycles. The molecule has 1 saturated carbocycles. The van der Waals surface area contributed by atoms with Gasteiger partial charge in [-0.15, -0.1) is 0 Å². The Kier molecular flexibility index (Phi) is 10.4. The molecule has 0 aromatic heterocycles. The monoisotopic (exact) mass is 516 g/mol. The molecule has 200 valence electrons. The molecular formula is C31H36F4O2. The molecule has 0 radical (unpaired) electrons. The largest absolute Gasteiger partial charge is 0.454 e. The van der Waals surface area contributed by atoms with Gasteiger partial charge in [-0.05, 0) is 72.2 Å². The SMILES string of the molecule is C.CCCC1CCC(CCc2ccc(-c3ccc(F)c(F)c3Oc3ccc(OC(F)F)cc3)cc2)CC1. The molecule has 0 spiro atoms. The van der Waals surface area contributed by atoms with Crippen molar-refractivity contribution >= 4 is 0 Å². The van der Waals surface area contributed by atoms with E-state index in [0.717, 1.165) is 24.3 Å². The number of halogens is 4. The number of hydrogen-bond acceptors (Lipinski definition) is 2. The molecule has 1 aliphatic rings. The van der Waals surface area contributed by atoms with Crippen molar-refractivity contribution in [3.05, 3.63) is 77.9 Å². The molecule has 0 saturated heterocycles. The van der Waals surface area contributed by atoms with Crippen LogP contribution in [0.4, 0.5) is 17.6 Å². The zero-order valence-electron chi connectivity index (χ0n) is 20.5. The van der Waals surface area contributed by atoms with Crippen LogP contribution in [0.1, 0.15) is 64.9 Å².